The summed E-state index contributed by atoms with van der Waals surface area (Å²) in [6.45, 7) is 0. The van der Waals surface area contributed by atoms with Crippen LogP contribution in [-0.2, 0) is 0 Å². The highest BCUT2D eigenvalue weighted by atomic mass is 35.5. The molecule has 0 saturated carbocycles. The second-order valence-electron chi connectivity index (χ2n) is 0.239. The highest BCUT2D eigenvalue weighted by Crippen LogP contribution is 1.44. The van der Waals surface area contributed by atoms with Crippen LogP contribution in [0.4, 0.5) is 0 Å². The smallest absolute Gasteiger partial charge is 0.0185 e. The van der Waals surface area contributed by atoms with Crippen molar-refractivity contribution < 1.29 is 0 Å². The third kappa shape index (κ3) is 1.65. The van der Waals surface area contributed by atoms with Gasteiger partial charge in [0.15, 0.2) is 0 Å². The predicted molar refractivity (Wildman–Crippen MR) is 17.8 cm³/mol. The molecule has 1 nitrogen and oxygen atoms in total. The van der Waals surface area contributed by atoms with Crippen LogP contribution in [0, 0.1) is 12.5 Å². The molecule has 0 spiro atoms. The molecule has 0 aliphatic heterocycles. The molecule has 0 aromatic carbocycles. The minimum absolute atomic E-state index is 1.93. The van der Waals surface area contributed by atoms with E-state index in [0.717, 1.165) is 0 Å². The third-order valence-corrected chi connectivity index (χ3v) is 0.164. The highest BCUT2D eigenvalue weighted by molar-refractivity contribution is 6.14. The molecule has 0 amide bonds. The Morgan fingerprint density at radius 3 is 2.25 bits per heavy atom. The summed E-state index contributed by atoms with van der Waals surface area (Å²) in [5, 5.41) is 0. The van der Waals surface area contributed by atoms with Crippen molar-refractivity contribution >= 4 is 11.8 Å². The summed E-state index contributed by atoms with van der Waals surface area (Å²) in [6, 6.07) is 1.95. The van der Waals surface area contributed by atoms with E-state index in [1.807, 2.05) is 10.9 Å². The Hall–Kier alpha value is -0.350. The lowest BCUT2D eigenvalue weighted by Crippen LogP contribution is -1.76. The summed E-state index contributed by atoms with van der Waals surface area (Å²) in [6.07, 6.45) is 4.53. The molecule has 0 aliphatic rings. The predicted octanol–water partition coefficient (Wildman–Crippen LogP) is 0.320. The van der Waals surface area contributed by atoms with Gasteiger partial charge in [0, 0.05) is 17.8 Å². The average Bonchev–Trinajstić information content (AvgIpc) is 1.37. The van der Waals surface area contributed by atoms with Gasteiger partial charge in [0.25, 0.3) is 0 Å². The Bertz CT molecular complexity index is 35.8. The Morgan fingerprint density at radius 1 is 2.00 bits per heavy atom. The first-order chi connectivity index (χ1) is 1.91. The van der Waals surface area contributed by atoms with E-state index < -0.39 is 0 Å². The first-order valence-electron chi connectivity index (χ1n) is 0.728. The Kier molecular flexibility index (Phi) is 2.42. The SMILES string of the molecule is C#CNCl. The standard InChI is InChI=1S/C2H2ClN/c1-2-4-3/h1,4H. The van der Waals surface area contributed by atoms with Gasteiger partial charge in [0.05, 0.1) is 0 Å². The molecular weight excluding hydrogens is 73.5 g/mol. The lowest BCUT2D eigenvalue weighted by molar-refractivity contribution is 1.50. The lowest BCUT2D eigenvalue weighted by Gasteiger charge is -1.60. The molecule has 0 aromatic heterocycles. The minimum atomic E-state index is 1.93. The number of terminal acetylenes is 1. The van der Waals surface area contributed by atoms with Crippen LogP contribution in [0.3, 0.4) is 0 Å². The van der Waals surface area contributed by atoms with E-state index in [0.29, 0.717) is 0 Å². The van der Waals surface area contributed by atoms with Crippen molar-refractivity contribution in [2.75, 3.05) is 0 Å². The van der Waals surface area contributed by atoms with Crippen LogP contribution >= 0.6 is 11.8 Å². The van der Waals surface area contributed by atoms with Gasteiger partial charge in [0.2, 0.25) is 0 Å². The number of rotatable bonds is 0. The van der Waals surface area contributed by atoms with Crippen molar-refractivity contribution in [3.8, 4) is 12.5 Å². The maximum absolute atomic E-state index is 4.70. The molecule has 0 unspecified atom stereocenters. The quantitative estimate of drug-likeness (QED) is 0.248. The second-order valence-corrected chi connectivity index (χ2v) is 0.428. The summed E-state index contributed by atoms with van der Waals surface area (Å²) < 4.78 is 0. The monoisotopic (exact) mass is 75.0 g/mol. The van der Waals surface area contributed by atoms with Crippen LogP contribution in [0.1, 0.15) is 0 Å². The van der Waals surface area contributed by atoms with Gasteiger partial charge >= 0.3 is 0 Å². The van der Waals surface area contributed by atoms with E-state index >= 15 is 0 Å². The molecule has 0 radical (unpaired) electrons. The van der Waals surface area contributed by atoms with E-state index in [2.05, 4.69) is 6.42 Å². The van der Waals surface area contributed by atoms with Crippen LogP contribution in [0.15, 0.2) is 0 Å². The fourth-order valence-corrected chi connectivity index (χ4v) is 0. The molecule has 22 valence electrons. The van der Waals surface area contributed by atoms with Gasteiger partial charge < -0.3 is 0 Å². The zero-order chi connectivity index (χ0) is 3.41. The normalized spacial score (nSPS) is 4.00. The van der Waals surface area contributed by atoms with Gasteiger partial charge in [-0.15, -0.1) is 0 Å². The Balaban J connectivity index is 2.43. The number of halogens is 1. The summed E-state index contributed by atoms with van der Waals surface area (Å²) in [5.74, 6) is 0. The van der Waals surface area contributed by atoms with E-state index in [-0.39, 0.29) is 0 Å². The summed E-state index contributed by atoms with van der Waals surface area (Å²) in [7, 11) is 0. The van der Waals surface area contributed by atoms with Gasteiger partial charge in [-0.2, -0.15) is 0 Å². The molecule has 4 heavy (non-hydrogen) atoms. The largest absolute Gasteiger partial charge is 0.257 e. The fraction of sp³-hybridized carbons (Fsp3) is 0. The zero-order valence-electron chi connectivity index (χ0n) is 1.96. The van der Waals surface area contributed by atoms with Gasteiger partial charge in [-0.3, -0.25) is 4.84 Å². The molecule has 1 N–H and O–H groups in total. The number of hydrogen-bond donors (Lipinski definition) is 1. The molecule has 0 aliphatic carbocycles. The van der Waals surface area contributed by atoms with E-state index in [9.17, 15) is 0 Å². The first kappa shape index (κ1) is 3.65. The topological polar surface area (TPSA) is 12.0 Å². The number of nitrogens with one attached hydrogen (secondary N) is 1. The second kappa shape index (κ2) is 2.65. The molecule has 0 heterocycles. The van der Waals surface area contributed by atoms with Gasteiger partial charge in [0.1, 0.15) is 0 Å². The molecule has 0 aromatic rings. The van der Waals surface area contributed by atoms with Gasteiger partial charge in [-0.1, -0.05) is 6.42 Å². The molecule has 0 atom stereocenters. The van der Waals surface area contributed by atoms with Crippen molar-refractivity contribution in [3.05, 3.63) is 0 Å². The van der Waals surface area contributed by atoms with Crippen LogP contribution in [-0.4, -0.2) is 0 Å². The molecular formula is C2H2ClN. The van der Waals surface area contributed by atoms with Crippen molar-refractivity contribution in [2.45, 2.75) is 0 Å². The van der Waals surface area contributed by atoms with Crippen LogP contribution in [0.2, 0.25) is 0 Å². The summed E-state index contributed by atoms with van der Waals surface area (Å²) in [4.78, 5) is 1.93. The molecule has 0 fully saturated rings. The van der Waals surface area contributed by atoms with Crippen LogP contribution in [0.25, 0.3) is 0 Å². The highest BCUT2D eigenvalue weighted by Gasteiger charge is 1.37. The Labute approximate surface area is 30.1 Å². The van der Waals surface area contributed by atoms with Crippen LogP contribution < -0.4 is 4.84 Å². The van der Waals surface area contributed by atoms with E-state index in [1.54, 1.807) is 0 Å². The molecule has 0 bridgehead atoms. The zero-order valence-corrected chi connectivity index (χ0v) is 2.71. The Morgan fingerprint density at radius 2 is 2.25 bits per heavy atom. The van der Waals surface area contributed by atoms with E-state index in [4.69, 9.17) is 11.8 Å². The average molecular weight is 75.5 g/mol. The lowest BCUT2D eigenvalue weighted by atomic mass is 11.2. The molecule has 0 rings (SSSR count). The molecule has 2 heteroatoms. The maximum Gasteiger partial charge on any atom is 0.0185 e. The molecule has 0 saturated heterocycles. The summed E-state index contributed by atoms with van der Waals surface area (Å²) >= 11 is 4.70. The van der Waals surface area contributed by atoms with Crippen LogP contribution in [0.5, 0.6) is 0 Å². The maximum atomic E-state index is 4.70. The van der Waals surface area contributed by atoms with Crippen molar-refractivity contribution in [2.24, 2.45) is 0 Å². The summed E-state index contributed by atoms with van der Waals surface area (Å²) in [5.41, 5.74) is 0. The minimum Gasteiger partial charge on any atom is -0.257 e. The van der Waals surface area contributed by atoms with Crippen molar-refractivity contribution in [1.29, 1.82) is 0 Å². The third-order valence-electron chi connectivity index (χ3n) is 0.0546. The van der Waals surface area contributed by atoms with Crippen molar-refractivity contribution in [3.63, 3.8) is 0 Å². The van der Waals surface area contributed by atoms with E-state index in [1.165, 1.54) is 0 Å². The number of hydrogen-bond acceptors (Lipinski definition) is 1. The fourth-order valence-electron chi connectivity index (χ4n) is 0. The van der Waals surface area contributed by atoms with Crippen molar-refractivity contribution in [1.82, 2.24) is 4.84 Å². The first-order valence-corrected chi connectivity index (χ1v) is 1.11. The van der Waals surface area contributed by atoms with Gasteiger partial charge in [-0.25, -0.2) is 0 Å². The van der Waals surface area contributed by atoms with Gasteiger partial charge in [-0.05, 0) is 0 Å².